The number of methoxy groups -OCH3 is 1. The molecule has 1 aromatic carbocycles. The van der Waals surface area contributed by atoms with Gasteiger partial charge in [0.05, 0.1) is 36.0 Å². The summed E-state index contributed by atoms with van der Waals surface area (Å²) in [5, 5.41) is 7.74. The average Bonchev–Trinajstić information content (AvgIpc) is 3.42. The van der Waals surface area contributed by atoms with Crippen molar-refractivity contribution >= 4 is 30.1 Å². The number of ether oxygens (including phenoxy) is 1. The molecule has 0 bridgehead atoms. The summed E-state index contributed by atoms with van der Waals surface area (Å²) in [5.74, 6) is -0.373. The Bertz CT molecular complexity index is 1200. The van der Waals surface area contributed by atoms with Crippen LogP contribution < -0.4 is 10.8 Å². The Morgan fingerprint density at radius 2 is 1.76 bits per heavy atom. The predicted octanol–water partition coefficient (Wildman–Crippen LogP) is 3.46. The topological polar surface area (TPSA) is 94.9 Å². The van der Waals surface area contributed by atoms with Crippen LogP contribution in [-0.2, 0) is 25.4 Å². The number of esters is 1. The van der Waals surface area contributed by atoms with Gasteiger partial charge in [-0.3, -0.25) is 19.2 Å². The number of carbonyl (C=O) groups is 2. The lowest BCUT2D eigenvalue weighted by Gasteiger charge is -2.38. The number of rotatable bonds is 5. The van der Waals surface area contributed by atoms with E-state index in [9.17, 15) is 9.59 Å². The highest BCUT2D eigenvalue weighted by molar-refractivity contribution is 6.62. The first kappa shape index (κ1) is 26.9. The van der Waals surface area contributed by atoms with E-state index in [1.54, 1.807) is 0 Å². The third kappa shape index (κ3) is 4.89. The number of nitrogens with one attached hydrogen (secondary N) is 1. The molecule has 10 heteroatoms. The minimum Gasteiger partial charge on any atom is -0.469 e. The second-order valence-electron chi connectivity index (χ2n) is 11.7. The van der Waals surface area contributed by atoms with Crippen molar-refractivity contribution in [3.05, 3.63) is 41.2 Å². The molecule has 3 aliphatic heterocycles. The van der Waals surface area contributed by atoms with Crippen molar-refractivity contribution in [2.75, 3.05) is 25.5 Å². The molecule has 0 radical (unpaired) electrons. The molecule has 0 spiro atoms. The number of likely N-dealkylation sites (tertiary alicyclic amines) is 1. The van der Waals surface area contributed by atoms with E-state index in [1.165, 1.54) is 7.11 Å². The highest BCUT2D eigenvalue weighted by atomic mass is 16.7. The second-order valence-corrected chi connectivity index (χ2v) is 11.7. The summed E-state index contributed by atoms with van der Waals surface area (Å²) in [6.45, 7) is 12.6. The van der Waals surface area contributed by atoms with Crippen molar-refractivity contribution in [2.45, 2.75) is 84.1 Å². The minimum atomic E-state index is -0.499. The van der Waals surface area contributed by atoms with Crippen LogP contribution in [0.5, 0.6) is 0 Å². The number of nitrogens with zero attached hydrogens (tertiary/aromatic N) is 3. The lowest BCUT2D eigenvalue weighted by Crippen LogP contribution is -2.41. The summed E-state index contributed by atoms with van der Waals surface area (Å²) >= 11 is 0. The number of piperidine rings is 1. The number of benzene rings is 1. The summed E-state index contributed by atoms with van der Waals surface area (Å²) < 4.78 is 19.4. The van der Waals surface area contributed by atoms with Crippen molar-refractivity contribution in [1.29, 1.82) is 0 Å². The molecule has 2 saturated heterocycles. The maximum Gasteiger partial charge on any atom is 0.495 e. The van der Waals surface area contributed by atoms with E-state index in [-0.39, 0.29) is 23.8 Å². The number of anilines is 1. The number of fused-ring (bicyclic) bond motifs is 1. The van der Waals surface area contributed by atoms with Gasteiger partial charge in [-0.1, -0.05) is 12.1 Å². The number of aryl methyl sites for hydroxylation is 1. The van der Waals surface area contributed by atoms with Gasteiger partial charge in [-0.15, -0.1) is 0 Å². The van der Waals surface area contributed by atoms with Gasteiger partial charge in [0.15, 0.2) is 5.69 Å². The van der Waals surface area contributed by atoms with Gasteiger partial charge in [0.1, 0.15) is 0 Å². The van der Waals surface area contributed by atoms with Gasteiger partial charge in [0.2, 0.25) is 0 Å². The third-order valence-electron chi connectivity index (χ3n) is 8.87. The van der Waals surface area contributed by atoms with Gasteiger partial charge in [-0.25, -0.2) is 0 Å². The van der Waals surface area contributed by atoms with Crippen LogP contribution in [0.2, 0.25) is 0 Å². The Morgan fingerprint density at radius 1 is 1.08 bits per heavy atom. The van der Waals surface area contributed by atoms with Crippen LogP contribution in [-0.4, -0.2) is 65.1 Å². The van der Waals surface area contributed by atoms with Gasteiger partial charge in [0.25, 0.3) is 5.91 Å². The van der Waals surface area contributed by atoms with Gasteiger partial charge in [-0.2, -0.15) is 5.10 Å². The van der Waals surface area contributed by atoms with Crippen LogP contribution in [0.15, 0.2) is 24.3 Å². The second kappa shape index (κ2) is 10.1. The largest absolute Gasteiger partial charge is 0.495 e. The van der Waals surface area contributed by atoms with E-state index in [4.69, 9.17) is 14.0 Å². The van der Waals surface area contributed by atoms with Crippen LogP contribution in [0, 0.1) is 12.8 Å². The van der Waals surface area contributed by atoms with Crippen molar-refractivity contribution in [3.63, 3.8) is 0 Å². The van der Waals surface area contributed by atoms with Gasteiger partial charge in [-0.05, 0) is 96.6 Å². The third-order valence-corrected chi connectivity index (χ3v) is 8.87. The van der Waals surface area contributed by atoms with E-state index < -0.39 is 18.3 Å². The molecule has 0 saturated carbocycles. The molecule has 38 heavy (non-hydrogen) atoms. The lowest BCUT2D eigenvalue weighted by atomic mass is 9.76. The van der Waals surface area contributed by atoms with Crippen molar-refractivity contribution in [1.82, 2.24) is 14.7 Å². The molecule has 3 aliphatic rings. The number of hydrogen-bond acceptors (Lipinski definition) is 7. The zero-order valence-corrected chi connectivity index (χ0v) is 23.4. The van der Waals surface area contributed by atoms with E-state index >= 15 is 0 Å². The summed E-state index contributed by atoms with van der Waals surface area (Å²) in [6.07, 6.45) is 3.61. The Labute approximate surface area is 225 Å². The van der Waals surface area contributed by atoms with Gasteiger partial charge < -0.3 is 19.4 Å². The minimum absolute atomic E-state index is 0.0257. The molecular weight excluding hydrogens is 483 g/mol. The fourth-order valence-corrected chi connectivity index (χ4v) is 5.76. The molecule has 204 valence electrons. The fourth-order valence-electron chi connectivity index (χ4n) is 5.76. The summed E-state index contributed by atoms with van der Waals surface area (Å²) in [6, 6.07) is 7.92. The molecule has 2 fully saturated rings. The van der Waals surface area contributed by atoms with Crippen LogP contribution in [0.1, 0.15) is 81.2 Å². The maximum atomic E-state index is 13.3. The van der Waals surface area contributed by atoms with E-state index in [1.807, 2.05) is 63.6 Å². The monoisotopic (exact) mass is 522 g/mol. The molecule has 2 aromatic rings. The molecule has 0 unspecified atom stereocenters. The zero-order chi connectivity index (χ0) is 27.2. The standard InChI is InChI=1S/C28H39BN4O5/c1-18-20(29-37-27(2,3)28(4,5)38-29)9-7-10-21(18)30-25(34)22-17-24-23(11-8-14-33(24)31-22)32-15-12-19(13-16-32)26(35)36-6/h7,9-10,17,19,23H,8,11-16H2,1-6H3,(H,30,34)/t23-/m0/s1. The summed E-state index contributed by atoms with van der Waals surface area (Å²) in [7, 11) is 0.956. The van der Waals surface area contributed by atoms with Crippen molar-refractivity contribution in [2.24, 2.45) is 5.92 Å². The van der Waals surface area contributed by atoms with Crippen molar-refractivity contribution < 1.29 is 23.6 Å². The maximum absolute atomic E-state index is 13.3. The number of hydrogen-bond donors (Lipinski definition) is 1. The predicted molar refractivity (Wildman–Crippen MR) is 145 cm³/mol. The quantitative estimate of drug-likeness (QED) is 0.475. The first-order valence-electron chi connectivity index (χ1n) is 13.7. The Hall–Kier alpha value is -2.69. The first-order chi connectivity index (χ1) is 18.0. The van der Waals surface area contributed by atoms with E-state index in [0.717, 1.165) is 67.7 Å². The molecule has 1 aromatic heterocycles. The molecule has 9 nitrogen and oxygen atoms in total. The molecule has 1 N–H and O–H groups in total. The Balaban J connectivity index is 1.30. The Kier molecular flexibility index (Phi) is 7.17. The van der Waals surface area contributed by atoms with Crippen LogP contribution in [0.25, 0.3) is 0 Å². The highest BCUT2D eigenvalue weighted by Gasteiger charge is 2.52. The zero-order valence-electron chi connectivity index (χ0n) is 23.4. The number of aromatic nitrogens is 2. The summed E-state index contributed by atoms with van der Waals surface area (Å²) in [4.78, 5) is 27.7. The van der Waals surface area contributed by atoms with Gasteiger partial charge in [0, 0.05) is 12.2 Å². The van der Waals surface area contributed by atoms with E-state index in [2.05, 4.69) is 15.3 Å². The molecule has 1 atom stereocenters. The average molecular weight is 522 g/mol. The molecule has 1 amide bonds. The van der Waals surface area contributed by atoms with Gasteiger partial charge >= 0.3 is 13.1 Å². The smallest absolute Gasteiger partial charge is 0.469 e. The number of carbonyl (C=O) groups excluding carboxylic acids is 2. The van der Waals surface area contributed by atoms with E-state index in [0.29, 0.717) is 5.69 Å². The molecule has 4 heterocycles. The highest BCUT2D eigenvalue weighted by Crippen LogP contribution is 2.37. The summed E-state index contributed by atoms with van der Waals surface area (Å²) in [5.41, 5.74) is 3.14. The number of amides is 1. The molecular formula is C28H39BN4O5. The SMILES string of the molecule is COC(=O)C1CCN([C@H]2CCCn3nc(C(=O)Nc4cccc(B5OC(C)(C)C(C)(C)O5)c4C)cc32)CC1. The van der Waals surface area contributed by atoms with Crippen molar-refractivity contribution in [3.8, 4) is 0 Å². The molecule has 5 rings (SSSR count). The van der Waals surface area contributed by atoms with Crippen LogP contribution in [0.4, 0.5) is 5.69 Å². The van der Waals surface area contributed by atoms with Crippen LogP contribution >= 0.6 is 0 Å². The Morgan fingerprint density at radius 3 is 2.42 bits per heavy atom. The molecule has 0 aliphatic carbocycles. The fraction of sp³-hybridized carbons (Fsp3) is 0.607. The normalized spacial score (nSPS) is 23.2. The first-order valence-corrected chi connectivity index (χ1v) is 13.7. The lowest BCUT2D eigenvalue weighted by molar-refractivity contribution is -0.147. The van der Waals surface area contributed by atoms with Crippen LogP contribution in [0.3, 0.4) is 0 Å².